The zero-order valence-electron chi connectivity index (χ0n) is 18.1. The van der Waals surface area contributed by atoms with Crippen LogP contribution < -0.4 is 10.1 Å². The summed E-state index contributed by atoms with van der Waals surface area (Å²) < 4.78 is 6.94. The Morgan fingerprint density at radius 3 is 2.23 bits per heavy atom. The first-order chi connectivity index (χ1) is 14.9. The van der Waals surface area contributed by atoms with Gasteiger partial charge in [-0.15, -0.1) is 0 Å². The SMILES string of the molecule is COc1ccc(-n2nc(-c3ccc(C)c(C)c3)cc2C(=O)Nc2ccc(C)cc2)cc1. The van der Waals surface area contributed by atoms with Crippen LogP contribution >= 0.6 is 0 Å². The number of anilines is 1. The molecule has 0 fully saturated rings. The zero-order chi connectivity index (χ0) is 22.0. The average Bonchev–Trinajstić information content (AvgIpc) is 3.23. The molecule has 0 radical (unpaired) electrons. The quantitative estimate of drug-likeness (QED) is 0.457. The van der Waals surface area contributed by atoms with E-state index in [-0.39, 0.29) is 5.91 Å². The van der Waals surface area contributed by atoms with E-state index in [1.165, 1.54) is 11.1 Å². The third kappa shape index (κ3) is 4.36. The highest BCUT2D eigenvalue weighted by atomic mass is 16.5. The van der Waals surface area contributed by atoms with Crippen molar-refractivity contribution in [2.75, 3.05) is 12.4 Å². The first kappa shape index (κ1) is 20.4. The standard InChI is InChI=1S/C26H25N3O2/c1-17-5-9-21(10-6-17)27-26(30)25-16-24(20-8-7-18(2)19(3)15-20)28-29(25)22-11-13-23(31-4)14-12-22/h5-16H,1-4H3,(H,27,30). The fourth-order valence-electron chi connectivity index (χ4n) is 3.34. The highest BCUT2D eigenvalue weighted by Gasteiger charge is 2.18. The van der Waals surface area contributed by atoms with Gasteiger partial charge in [0.05, 0.1) is 18.5 Å². The summed E-state index contributed by atoms with van der Waals surface area (Å²) in [5.74, 6) is 0.526. The molecule has 4 rings (SSSR count). The third-order valence-corrected chi connectivity index (χ3v) is 5.37. The van der Waals surface area contributed by atoms with E-state index in [4.69, 9.17) is 9.84 Å². The van der Waals surface area contributed by atoms with E-state index in [2.05, 4.69) is 31.3 Å². The van der Waals surface area contributed by atoms with E-state index in [9.17, 15) is 4.79 Å². The molecule has 1 aromatic heterocycles. The van der Waals surface area contributed by atoms with Gasteiger partial charge in [-0.05, 0) is 80.4 Å². The summed E-state index contributed by atoms with van der Waals surface area (Å²) in [6, 6.07) is 23.2. The van der Waals surface area contributed by atoms with Crippen molar-refractivity contribution < 1.29 is 9.53 Å². The number of carbonyl (C=O) groups is 1. The second-order valence-corrected chi connectivity index (χ2v) is 7.64. The minimum Gasteiger partial charge on any atom is -0.497 e. The van der Waals surface area contributed by atoms with Crippen LogP contribution in [0.5, 0.6) is 5.75 Å². The van der Waals surface area contributed by atoms with Crippen molar-refractivity contribution in [2.24, 2.45) is 0 Å². The van der Waals surface area contributed by atoms with E-state index < -0.39 is 0 Å². The number of hydrogen-bond donors (Lipinski definition) is 1. The Labute approximate surface area is 182 Å². The number of nitrogens with zero attached hydrogens (tertiary/aromatic N) is 2. The Kier molecular flexibility index (Phi) is 5.58. The first-order valence-corrected chi connectivity index (χ1v) is 10.1. The van der Waals surface area contributed by atoms with E-state index in [1.807, 2.05) is 67.6 Å². The Hall–Kier alpha value is -3.86. The largest absolute Gasteiger partial charge is 0.497 e. The van der Waals surface area contributed by atoms with Crippen molar-refractivity contribution in [2.45, 2.75) is 20.8 Å². The molecule has 0 aliphatic carbocycles. The molecular weight excluding hydrogens is 386 g/mol. The smallest absolute Gasteiger partial charge is 0.274 e. The molecule has 0 atom stereocenters. The van der Waals surface area contributed by atoms with E-state index in [1.54, 1.807) is 11.8 Å². The fourth-order valence-corrected chi connectivity index (χ4v) is 3.34. The summed E-state index contributed by atoms with van der Waals surface area (Å²) >= 11 is 0. The fraction of sp³-hybridized carbons (Fsp3) is 0.154. The van der Waals surface area contributed by atoms with Gasteiger partial charge in [0, 0.05) is 11.3 Å². The van der Waals surface area contributed by atoms with Gasteiger partial charge < -0.3 is 10.1 Å². The van der Waals surface area contributed by atoms with Crippen LogP contribution in [0.25, 0.3) is 16.9 Å². The summed E-state index contributed by atoms with van der Waals surface area (Å²) in [6.45, 7) is 6.17. The minimum absolute atomic E-state index is 0.220. The lowest BCUT2D eigenvalue weighted by molar-refractivity contribution is 0.101. The van der Waals surface area contributed by atoms with Gasteiger partial charge in [-0.1, -0.05) is 29.8 Å². The van der Waals surface area contributed by atoms with Crippen molar-refractivity contribution >= 4 is 11.6 Å². The lowest BCUT2D eigenvalue weighted by Gasteiger charge is -2.09. The predicted octanol–water partition coefficient (Wildman–Crippen LogP) is 5.73. The van der Waals surface area contributed by atoms with Crippen molar-refractivity contribution in [1.29, 1.82) is 0 Å². The zero-order valence-corrected chi connectivity index (χ0v) is 18.1. The number of amides is 1. The maximum absolute atomic E-state index is 13.2. The van der Waals surface area contributed by atoms with E-state index >= 15 is 0 Å². The number of carbonyl (C=O) groups excluding carboxylic acids is 1. The van der Waals surface area contributed by atoms with E-state index in [0.717, 1.165) is 33.9 Å². The topological polar surface area (TPSA) is 56.2 Å². The molecule has 31 heavy (non-hydrogen) atoms. The molecule has 0 aliphatic rings. The van der Waals surface area contributed by atoms with E-state index in [0.29, 0.717) is 5.69 Å². The van der Waals surface area contributed by atoms with Crippen LogP contribution in [-0.4, -0.2) is 22.8 Å². The van der Waals surface area contributed by atoms with Crippen molar-refractivity contribution in [1.82, 2.24) is 9.78 Å². The van der Waals surface area contributed by atoms with Crippen molar-refractivity contribution in [3.05, 3.63) is 95.2 Å². The Bertz CT molecular complexity index is 1220. The summed E-state index contributed by atoms with van der Waals surface area (Å²) in [6.07, 6.45) is 0. The van der Waals surface area contributed by atoms with Gasteiger partial charge >= 0.3 is 0 Å². The highest BCUT2D eigenvalue weighted by Crippen LogP contribution is 2.25. The minimum atomic E-state index is -0.220. The number of hydrogen-bond acceptors (Lipinski definition) is 3. The molecule has 5 nitrogen and oxygen atoms in total. The molecule has 0 saturated carbocycles. The second kappa shape index (κ2) is 8.48. The molecule has 0 saturated heterocycles. The number of aromatic nitrogens is 2. The van der Waals surface area contributed by atoms with Gasteiger partial charge in [-0.25, -0.2) is 4.68 Å². The molecule has 1 amide bonds. The predicted molar refractivity (Wildman–Crippen MR) is 124 cm³/mol. The monoisotopic (exact) mass is 411 g/mol. The van der Waals surface area contributed by atoms with Gasteiger partial charge in [-0.2, -0.15) is 5.10 Å². The van der Waals surface area contributed by atoms with Crippen LogP contribution in [0.15, 0.2) is 72.8 Å². The first-order valence-electron chi connectivity index (χ1n) is 10.1. The van der Waals surface area contributed by atoms with Gasteiger partial charge in [0.25, 0.3) is 5.91 Å². The Morgan fingerprint density at radius 1 is 0.871 bits per heavy atom. The summed E-state index contributed by atoms with van der Waals surface area (Å²) in [5, 5.41) is 7.75. The molecule has 0 bridgehead atoms. The molecule has 0 aliphatic heterocycles. The lowest BCUT2D eigenvalue weighted by atomic mass is 10.0. The van der Waals surface area contributed by atoms with Crippen LogP contribution in [0.4, 0.5) is 5.69 Å². The second-order valence-electron chi connectivity index (χ2n) is 7.64. The number of ether oxygens (including phenoxy) is 1. The molecule has 3 aromatic carbocycles. The molecule has 0 spiro atoms. The maximum Gasteiger partial charge on any atom is 0.274 e. The highest BCUT2D eigenvalue weighted by molar-refractivity contribution is 6.04. The molecular formula is C26H25N3O2. The molecule has 1 N–H and O–H groups in total. The van der Waals surface area contributed by atoms with Gasteiger partial charge in [0.15, 0.2) is 0 Å². The summed E-state index contributed by atoms with van der Waals surface area (Å²) in [5.41, 5.74) is 7.23. The lowest BCUT2D eigenvalue weighted by Crippen LogP contribution is -2.16. The number of benzene rings is 3. The molecule has 4 aromatic rings. The number of nitrogens with one attached hydrogen (secondary N) is 1. The third-order valence-electron chi connectivity index (χ3n) is 5.37. The average molecular weight is 412 g/mol. The van der Waals surface area contributed by atoms with Crippen LogP contribution in [0.3, 0.4) is 0 Å². The molecule has 0 unspecified atom stereocenters. The van der Waals surface area contributed by atoms with Crippen LogP contribution in [0.2, 0.25) is 0 Å². The normalized spacial score (nSPS) is 10.7. The molecule has 5 heteroatoms. The van der Waals surface area contributed by atoms with Crippen molar-refractivity contribution in [3.8, 4) is 22.7 Å². The van der Waals surface area contributed by atoms with Gasteiger partial charge in [0.2, 0.25) is 0 Å². The van der Waals surface area contributed by atoms with Crippen LogP contribution in [0, 0.1) is 20.8 Å². The van der Waals surface area contributed by atoms with Gasteiger partial charge in [-0.3, -0.25) is 4.79 Å². The molecule has 1 heterocycles. The summed E-state index contributed by atoms with van der Waals surface area (Å²) in [4.78, 5) is 13.2. The van der Waals surface area contributed by atoms with Gasteiger partial charge in [0.1, 0.15) is 11.4 Å². The maximum atomic E-state index is 13.2. The molecule has 156 valence electrons. The Morgan fingerprint density at radius 2 is 1.58 bits per heavy atom. The number of methoxy groups -OCH3 is 1. The number of aryl methyl sites for hydroxylation is 3. The van der Waals surface area contributed by atoms with Crippen LogP contribution in [0.1, 0.15) is 27.2 Å². The number of rotatable bonds is 5. The summed E-state index contributed by atoms with van der Waals surface area (Å²) in [7, 11) is 1.63. The Balaban J connectivity index is 1.76. The van der Waals surface area contributed by atoms with Crippen molar-refractivity contribution in [3.63, 3.8) is 0 Å². The van der Waals surface area contributed by atoms with Crippen LogP contribution in [-0.2, 0) is 0 Å².